The fraction of sp³-hybridized carbons (Fsp3) is 1.00. The van der Waals surface area contributed by atoms with E-state index in [4.69, 9.17) is 0 Å². The van der Waals surface area contributed by atoms with E-state index in [1.807, 2.05) is 0 Å². The van der Waals surface area contributed by atoms with Gasteiger partial charge < -0.3 is 5.32 Å². The van der Waals surface area contributed by atoms with Crippen LogP contribution < -0.4 is 5.32 Å². The molecule has 12 heavy (non-hydrogen) atoms. The lowest BCUT2D eigenvalue weighted by molar-refractivity contribution is 0.183. The van der Waals surface area contributed by atoms with Crippen molar-refractivity contribution in [2.45, 2.75) is 40.5 Å². The number of hydrogen-bond acceptors (Lipinski definition) is 1. The minimum Gasteiger partial charge on any atom is -0.319 e. The van der Waals surface area contributed by atoms with E-state index in [1.165, 1.54) is 19.4 Å². The highest BCUT2D eigenvalue weighted by atomic mass is 14.9. The second-order valence-corrected chi connectivity index (χ2v) is 5.22. The highest BCUT2D eigenvalue weighted by Gasteiger charge is 2.58. The molecule has 0 aromatic heterocycles. The molecule has 1 heteroatoms. The molecule has 0 aliphatic heterocycles. The number of hydrogen-bond donors (Lipinski definition) is 1. The van der Waals surface area contributed by atoms with E-state index in [-0.39, 0.29) is 0 Å². The van der Waals surface area contributed by atoms with Gasteiger partial charge in [-0.25, -0.2) is 0 Å². The molecule has 2 atom stereocenters. The molecule has 1 fully saturated rings. The van der Waals surface area contributed by atoms with E-state index in [1.54, 1.807) is 0 Å². The quantitative estimate of drug-likeness (QED) is 0.685. The molecule has 1 nitrogen and oxygen atoms in total. The molecule has 0 spiro atoms. The van der Waals surface area contributed by atoms with Crippen molar-refractivity contribution in [2.75, 3.05) is 13.6 Å². The lowest BCUT2D eigenvalue weighted by atomic mass is 9.74. The van der Waals surface area contributed by atoms with Crippen LogP contribution in [0.4, 0.5) is 0 Å². The Balaban J connectivity index is 2.59. The van der Waals surface area contributed by atoms with Crippen molar-refractivity contribution in [3.05, 3.63) is 0 Å². The summed E-state index contributed by atoms with van der Waals surface area (Å²) in [6.45, 7) is 10.7. The first-order valence-corrected chi connectivity index (χ1v) is 5.12. The SMILES string of the molecule is CCC1(C(C)(C)C)CC1CNC. The van der Waals surface area contributed by atoms with Gasteiger partial charge in [-0.3, -0.25) is 0 Å². The summed E-state index contributed by atoms with van der Waals surface area (Å²) in [6.07, 6.45) is 2.76. The van der Waals surface area contributed by atoms with Gasteiger partial charge in [0.2, 0.25) is 0 Å². The van der Waals surface area contributed by atoms with Gasteiger partial charge in [-0.2, -0.15) is 0 Å². The van der Waals surface area contributed by atoms with E-state index in [0.717, 1.165) is 5.92 Å². The van der Waals surface area contributed by atoms with E-state index in [9.17, 15) is 0 Å². The van der Waals surface area contributed by atoms with E-state index in [2.05, 4.69) is 40.1 Å². The molecule has 0 heterocycles. The molecule has 0 bridgehead atoms. The maximum absolute atomic E-state index is 3.29. The summed E-state index contributed by atoms with van der Waals surface area (Å²) in [4.78, 5) is 0. The fourth-order valence-corrected chi connectivity index (χ4v) is 2.78. The first kappa shape index (κ1) is 10.0. The van der Waals surface area contributed by atoms with E-state index >= 15 is 0 Å². The Bertz CT molecular complexity index is 157. The normalized spacial score (nSPS) is 35.2. The maximum atomic E-state index is 3.29. The van der Waals surface area contributed by atoms with Crippen LogP contribution in [0.1, 0.15) is 40.5 Å². The Hall–Kier alpha value is -0.0400. The Labute approximate surface area is 76.9 Å². The van der Waals surface area contributed by atoms with Crippen molar-refractivity contribution in [3.8, 4) is 0 Å². The molecular weight excluding hydrogens is 146 g/mol. The van der Waals surface area contributed by atoms with Crippen LogP contribution in [0.25, 0.3) is 0 Å². The Morgan fingerprint density at radius 2 is 2.00 bits per heavy atom. The smallest absolute Gasteiger partial charge is 0.00178 e. The average molecular weight is 169 g/mol. The zero-order chi connectivity index (χ0) is 9.41. The fourth-order valence-electron chi connectivity index (χ4n) is 2.78. The molecule has 1 saturated carbocycles. The van der Waals surface area contributed by atoms with Crippen LogP contribution in [0.2, 0.25) is 0 Å². The Morgan fingerprint density at radius 1 is 1.42 bits per heavy atom. The molecule has 0 aromatic carbocycles. The molecule has 0 radical (unpaired) electrons. The zero-order valence-electron chi connectivity index (χ0n) is 9.20. The highest BCUT2D eigenvalue weighted by Crippen LogP contribution is 2.64. The van der Waals surface area contributed by atoms with Gasteiger partial charge in [0.15, 0.2) is 0 Å². The van der Waals surface area contributed by atoms with Crippen molar-refractivity contribution in [2.24, 2.45) is 16.7 Å². The first-order valence-electron chi connectivity index (χ1n) is 5.12. The Kier molecular flexibility index (Phi) is 2.53. The highest BCUT2D eigenvalue weighted by molar-refractivity contribution is 5.08. The van der Waals surface area contributed by atoms with Crippen molar-refractivity contribution >= 4 is 0 Å². The zero-order valence-corrected chi connectivity index (χ0v) is 9.20. The van der Waals surface area contributed by atoms with Crippen LogP contribution >= 0.6 is 0 Å². The largest absolute Gasteiger partial charge is 0.319 e. The van der Waals surface area contributed by atoms with Crippen LogP contribution in [0.3, 0.4) is 0 Å². The lowest BCUT2D eigenvalue weighted by Crippen LogP contribution is -2.26. The molecule has 0 saturated heterocycles. The molecule has 1 aliphatic rings. The maximum Gasteiger partial charge on any atom is -0.00178 e. The summed E-state index contributed by atoms with van der Waals surface area (Å²) in [5, 5.41) is 3.29. The van der Waals surface area contributed by atoms with Crippen LogP contribution in [0, 0.1) is 16.7 Å². The molecule has 72 valence electrons. The second kappa shape index (κ2) is 3.02. The van der Waals surface area contributed by atoms with Gasteiger partial charge in [0.25, 0.3) is 0 Å². The Morgan fingerprint density at radius 3 is 2.25 bits per heavy atom. The van der Waals surface area contributed by atoms with Crippen LogP contribution in [0.15, 0.2) is 0 Å². The van der Waals surface area contributed by atoms with E-state index in [0.29, 0.717) is 10.8 Å². The van der Waals surface area contributed by atoms with Gasteiger partial charge in [-0.1, -0.05) is 27.7 Å². The van der Waals surface area contributed by atoms with Crippen molar-refractivity contribution < 1.29 is 0 Å². The minimum absolute atomic E-state index is 0.489. The third-order valence-electron chi connectivity index (χ3n) is 3.81. The molecule has 1 aliphatic carbocycles. The summed E-state index contributed by atoms with van der Waals surface area (Å²) in [7, 11) is 2.06. The summed E-state index contributed by atoms with van der Waals surface area (Å²) >= 11 is 0. The summed E-state index contributed by atoms with van der Waals surface area (Å²) in [5.41, 5.74) is 1.12. The van der Waals surface area contributed by atoms with Crippen molar-refractivity contribution in [3.63, 3.8) is 0 Å². The van der Waals surface area contributed by atoms with Crippen molar-refractivity contribution in [1.29, 1.82) is 0 Å². The number of nitrogens with one attached hydrogen (secondary N) is 1. The van der Waals surface area contributed by atoms with Crippen LogP contribution in [-0.4, -0.2) is 13.6 Å². The van der Waals surface area contributed by atoms with Gasteiger partial charge in [0.05, 0.1) is 0 Å². The third kappa shape index (κ3) is 1.39. The van der Waals surface area contributed by atoms with Crippen LogP contribution in [-0.2, 0) is 0 Å². The van der Waals surface area contributed by atoms with Gasteiger partial charge in [-0.05, 0) is 43.2 Å². The van der Waals surface area contributed by atoms with E-state index < -0.39 is 0 Å². The second-order valence-electron chi connectivity index (χ2n) is 5.22. The first-order chi connectivity index (χ1) is 5.48. The standard InChI is InChI=1S/C11H23N/c1-6-11(10(2,3)4)7-9(11)8-12-5/h9,12H,6-8H2,1-5H3. The summed E-state index contributed by atoms with van der Waals surface area (Å²) in [6, 6.07) is 0. The third-order valence-corrected chi connectivity index (χ3v) is 3.81. The van der Waals surface area contributed by atoms with Gasteiger partial charge in [0, 0.05) is 0 Å². The lowest BCUT2D eigenvalue weighted by Gasteiger charge is -2.31. The van der Waals surface area contributed by atoms with Crippen LogP contribution in [0.5, 0.6) is 0 Å². The topological polar surface area (TPSA) is 12.0 Å². The monoisotopic (exact) mass is 169 g/mol. The van der Waals surface area contributed by atoms with Gasteiger partial charge in [0.1, 0.15) is 0 Å². The molecule has 1 rings (SSSR count). The predicted molar refractivity (Wildman–Crippen MR) is 54.2 cm³/mol. The molecular formula is C11H23N. The van der Waals surface area contributed by atoms with Crippen molar-refractivity contribution in [1.82, 2.24) is 5.32 Å². The van der Waals surface area contributed by atoms with Gasteiger partial charge in [-0.15, -0.1) is 0 Å². The number of rotatable bonds is 3. The predicted octanol–water partition coefficient (Wildman–Crippen LogP) is 2.67. The molecule has 0 aromatic rings. The average Bonchev–Trinajstić information content (AvgIpc) is 2.63. The summed E-state index contributed by atoms with van der Waals surface area (Å²) in [5.74, 6) is 0.924. The summed E-state index contributed by atoms with van der Waals surface area (Å²) < 4.78 is 0. The molecule has 2 unspecified atom stereocenters. The minimum atomic E-state index is 0.489. The van der Waals surface area contributed by atoms with Gasteiger partial charge >= 0.3 is 0 Å². The molecule has 1 N–H and O–H groups in total. The molecule has 0 amide bonds.